The van der Waals surface area contributed by atoms with E-state index in [9.17, 15) is 0 Å². The fourth-order valence-corrected chi connectivity index (χ4v) is 7.27. The second-order valence-electron chi connectivity index (χ2n) is 12.7. The number of para-hydroxylation sites is 1. The Labute approximate surface area is 302 Å². The summed E-state index contributed by atoms with van der Waals surface area (Å²) >= 11 is 0. The zero-order chi connectivity index (χ0) is 34.9. The second kappa shape index (κ2) is 12.9. The van der Waals surface area contributed by atoms with Crippen molar-refractivity contribution in [2.24, 2.45) is 0 Å². The van der Waals surface area contributed by atoms with Crippen molar-refractivity contribution in [3.05, 3.63) is 216 Å². The largest absolute Gasteiger partial charge is 0.457 e. The Bertz CT molecular complexity index is 2560. The Balaban J connectivity index is 1.23. The molecule has 0 bridgehead atoms. The first kappa shape index (κ1) is 30.9. The Kier molecular flexibility index (Phi) is 7.68. The second-order valence-corrected chi connectivity index (χ2v) is 12.7. The lowest BCUT2D eigenvalue weighted by molar-refractivity contribution is 0.434. The van der Waals surface area contributed by atoms with Crippen LogP contribution in [0.5, 0.6) is 11.5 Å². The van der Waals surface area contributed by atoms with E-state index in [1.807, 2.05) is 78.9 Å². The van der Waals surface area contributed by atoms with E-state index in [1.54, 1.807) is 0 Å². The summed E-state index contributed by atoms with van der Waals surface area (Å²) in [6, 6.07) is 61.7. The van der Waals surface area contributed by atoms with Gasteiger partial charge in [0.15, 0.2) is 23.2 Å². The van der Waals surface area contributed by atoms with Crippen LogP contribution in [0.2, 0.25) is 0 Å². The lowest BCUT2D eigenvalue weighted by Gasteiger charge is -2.41. The first-order chi connectivity index (χ1) is 25.7. The zero-order valence-corrected chi connectivity index (χ0v) is 28.0. The van der Waals surface area contributed by atoms with Crippen LogP contribution in [-0.2, 0) is 5.41 Å². The van der Waals surface area contributed by atoms with E-state index in [0.717, 1.165) is 61.6 Å². The number of aromatic nitrogens is 3. The van der Waals surface area contributed by atoms with Crippen molar-refractivity contribution >= 4 is 5.69 Å². The van der Waals surface area contributed by atoms with E-state index in [-0.39, 0.29) is 0 Å². The molecule has 1 aliphatic heterocycles. The minimum absolute atomic E-state index is 0.547. The van der Waals surface area contributed by atoms with Gasteiger partial charge in [0, 0.05) is 27.8 Å². The minimum atomic E-state index is -0.613. The van der Waals surface area contributed by atoms with Gasteiger partial charge in [-0.15, -0.1) is 0 Å². The van der Waals surface area contributed by atoms with Crippen LogP contribution in [0.15, 0.2) is 182 Å². The molecule has 0 saturated heterocycles. The summed E-state index contributed by atoms with van der Waals surface area (Å²) in [4.78, 5) is 18.7. The maximum absolute atomic E-state index is 7.32. The Morgan fingerprint density at radius 2 is 0.904 bits per heavy atom. The molecule has 0 atom stereocenters. The summed E-state index contributed by atoms with van der Waals surface area (Å²) in [5, 5.41) is 0. The third-order valence-electron chi connectivity index (χ3n) is 9.69. The molecule has 7 aromatic carbocycles. The van der Waals surface area contributed by atoms with Gasteiger partial charge in [-0.1, -0.05) is 164 Å². The smallest absolute Gasteiger partial charge is 0.187 e. The molecular formula is C47H30N4O. The first-order valence-electron chi connectivity index (χ1n) is 17.1. The Morgan fingerprint density at radius 1 is 0.404 bits per heavy atom. The van der Waals surface area contributed by atoms with E-state index < -0.39 is 5.41 Å². The molecule has 244 valence electrons. The van der Waals surface area contributed by atoms with Gasteiger partial charge < -0.3 is 4.74 Å². The van der Waals surface area contributed by atoms with Crippen LogP contribution >= 0.6 is 0 Å². The maximum atomic E-state index is 7.32. The van der Waals surface area contributed by atoms with Gasteiger partial charge in [-0.25, -0.2) is 19.8 Å². The average Bonchev–Trinajstić information content (AvgIpc) is 3.23. The van der Waals surface area contributed by atoms with E-state index in [0.29, 0.717) is 23.2 Å². The van der Waals surface area contributed by atoms with Gasteiger partial charge in [0.25, 0.3) is 0 Å². The molecule has 9 rings (SSSR count). The predicted octanol–water partition coefficient (Wildman–Crippen LogP) is 11.6. The summed E-state index contributed by atoms with van der Waals surface area (Å²) in [7, 11) is 0. The van der Waals surface area contributed by atoms with Crippen molar-refractivity contribution in [2.75, 3.05) is 0 Å². The highest BCUT2D eigenvalue weighted by molar-refractivity contribution is 5.76. The topological polar surface area (TPSA) is 52.3 Å². The fourth-order valence-electron chi connectivity index (χ4n) is 7.27. The summed E-state index contributed by atoms with van der Waals surface area (Å²) in [5.74, 6) is 3.25. The van der Waals surface area contributed by atoms with Crippen LogP contribution in [0.1, 0.15) is 22.3 Å². The number of nitrogens with zero attached hydrogens (tertiary/aromatic N) is 4. The summed E-state index contributed by atoms with van der Waals surface area (Å²) < 4.78 is 6.76. The highest BCUT2D eigenvalue weighted by Crippen LogP contribution is 2.55. The number of hydrogen-bond donors (Lipinski definition) is 0. The monoisotopic (exact) mass is 666 g/mol. The molecule has 52 heavy (non-hydrogen) atoms. The van der Waals surface area contributed by atoms with Crippen molar-refractivity contribution in [1.82, 2.24) is 15.0 Å². The third kappa shape index (κ3) is 5.31. The lowest BCUT2D eigenvalue weighted by atomic mass is 9.63. The number of benzene rings is 7. The van der Waals surface area contributed by atoms with E-state index in [1.165, 1.54) is 0 Å². The van der Waals surface area contributed by atoms with Crippen molar-refractivity contribution in [2.45, 2.75) is 5.41 Å². The number of fused-ring (bicyclic) bond motifs is 2. The number of rotatable bonds is 6. The van der Waals surface area contributed by atoms with E-state index in [2.05, 4.69) is 108 Å². The summed E-state index contributed by atoms with van der Waals surface area (Å²) in [6.07, 6.45) is 0. The number of hydrogen-bond acceptors (Lipinski definition) is 4. The van der Waals surface area contributed by atoms with Crippen LogP contribution in [0.3, 0.4) is 0 Å². The van der Waals surface area contributed by atoms with Crippen molar-refractivity contribution in [1.29, 1.82) is 0 Å². The SMILES string of the molecule is [C-]#[N+]c1ccc(-c2cccc(-c3nc(-c4ccccc4)nc(-c4ccc5c(c4)Oc4ccccc4C5(c4ccccc4)c4ccccc4)n3)c2)cc1. The third-order valence-corrected chi connectivity index (χ3v) is 9.69. The van der Waals surface area contributed by atoms with E-state index in [4.69, 9.17) is 26.3 Å². The molecule has 1 aliphatic rings. The molecule has 0 radical (unpaired) electrons. The molecule has 0 amide bonds. The highest BCUT2D eigenvalue weighted by Gasteiger charge is 2.45. The highest BCUT2D eigenvalue weighted by atomic mass is 16.5. The zero-order valence-electron chi connectivity index (χ0n) is 28.0. The standard InChI is InChI=1S/C47H30N4O/c1-48-39-27-24-32(25-28-39)34-16-13-17-35(30-34)45-49-44(33-14-5-2-6-15-33)50-46(51-45)36-26-29-41-43(31-36)52-42-23-12-11-22-40(42)47(41,37-18-7-3-8-19-37)38-20-9-4-10-21-38/h2-31H. The van der Waals surface area contributed by atoms with Crippen LogP contribution < -0.4 is 4.74 Å². The van der Waals surface area contributed by atoms with Gasteiger partial charge >= 0.3 is 0 Å². The van der Waals surface area contributed by atoms with E-state index >= 15 is 0 Å². The van der Waals surface area contributed by atoms with Crippen LogP contribution in [0.4, 0.5) is 5.69 Å². The van der Waals surface area contributed by atoms with Crippen molar-refractivity contribution < 1.29 is 4.74 Å². The van der Waals surface area contributed by atoms with Gasteiger partial charge in [-0.05, 0) is 40.5 Å². The molecule has 5 heteroatoms. The fraction of sp³-hybridized carbons (Fsp3) is 0.0213. The maximum Gasteiger partial charge on any atom is 0.187 e. The van der Waals surface area contributed by atoms with Crippen molar-refractivity contribution in [3.8, 4) is 56.8 Å². The van der Waals surface area contributed by atoms with Crippen LogP contribution in [-0.4, -0.2) is 15.0 Å². The molecule has 0 N–H and O–H groups in total. The normalized spacial score (nSPS) is 12.5. The molecule has 5 nitrogen and oxygen atoms in total. The Morgan fingerprint density at radius 3 is 1.56 bits per heavy atom. The van der Waals surface area contributed by atoms with Gasteiger partial charge in [-0.2, -0.15) is 0 Å². The summed E-state index contributed by atoms with van der Waals surface area (Å²) in [5.41, 5.74) is 9.04. The summed E-state index contributed by atoms with van der Waals surface area (Å²) in [6.45, 7) is 7.32. The molecular weight excluding hydrogens is 637 g/mol. The lowest BCUT2D eigenvalue weighted by Crippen LogP contribution is -2.34. The average molecular weight is 667 g/mol. The molecule has 0 unspecified atom stereocenters. The molecule has 0 spiro atoms. The van der Waals surface area contributed by atoms with Gasteiger partial charge in [0.2, 0.25) is 0 Å². The quantitative estimate of drug-likeness (QED) is 0.166. The molecule has 8 aromatic rings. The van der Waals surface area contributed by atoms with Gasteiger partial charge in [0.05, 0.1) is 12.0 Å². The van der Waals surface area contributed by atoms with Crippen molar-refractivity contribution in [3.63, 3.8) is 0 Å². The predicted molar refractivity (Wildman–Crippen MR) is 206 cm³/mol. The molecule has 0 aliphatic carbocycles. The van der Waals surface area contributed by atoms with Gasteiger partial charge in [0.1, 0.15) is 11.5 Å². The van der Waals surface area contributed by atoms with Crippen LogP contribution in [0, 0.1) is 6.57 Å². The molecule has 2 heterocycles. The minimum Gasteiger partial charge on any atom is -0.457 e. The number of ether oxygens (including phenoxy) is 1. The Hall–Kier alpha value is -7.16. The molecule has 1 aromatic heterocycles. The first-order valence-corrected chi connectivity index (χ1v) is 17.1. The molecule has 0 fully saturated rings. The van der Waals surface area contributed by atoms with Gasteiger partial charge in [-0.3, -0.25) is 0 Å². The van der Waals surface area contributed by atoms with Crippen LogP contribution in [0.25, 0.3) is 50.1 Å². The molecule has 0 saturated carbocycles.